The Morgan fingerprint density at radius 1 is 1.35 bits per heavy atom. The molecule has 26 heavy (non-hydrogen) atoms. The maximum Gasteiger partial charge on any atom is 0.236 e. The lowest BCUT2D eigenvalue weighted by atomic mass is 10.00. The van der Waals surface area contributed by atoms with Crippen molar-refractivity contribution in [3.8, 4) is 11.4 Å². The highest BCUT2D eigenvalue weighted by Gasteiger charge is 2.30. The Morgan fingerprint density at radius 2 is 2.12 bits per heavy atom. The van der Waals surface area contributed by atoms with Crippen molar-refractivity contribution < 1.29 is 4.79 Å². The van der Waals surface area contributed by atoms with Crippen LogP contribution in [-0.2, 0) is 11.8 Å². The average Bonchev–Trinajstić information content (AvgIpc) is 3.01. The monoisotopic (exact) mass is 392 g/mol. The van der Waals surface area contributed by atoms with E-state index in [1.165, 1.54) is 18.2 Å². The molecular weight excluding hydrogens is 368 g/mol. The summed E-state index contributed by atoms with van der Waals surface area (Å²) in [5.74, 6) is 0.908. The van der Waals surface area contributed by atoms with Crippen molar-refractivity contribution in [2.24, 2.45) is 7.05 Å². The van der Waals surface area contributed by atoms with Gasteiger partial charge in [0.15, 0.2) is 11.0 Å². The Balaban J connectivity index is 1.75. The zero-order valence-corrected chi connectivity index (χ0v) is 17.1. The van der Waals surface area contributed by atoms with Crippen molar-refractivity contribution in [3.63, 3.8) is 0 Å². The van der Waals surface area contributed by atoms with Crippen LogP contribution in [0.4, 0.5) is 0 Å². The zero-order valence-electron chi connectivity index (χ0n) is 15.5. The van der Waals surface area contributed by atoms with E-state index < -0.39 is 0 Å². The van der Waals surface area contributed by atoms with Crippen molar-refractivity contribution in [1.82, 2.24) is 19.7 Å². The molecule has 140 valence electrons. The number of hydrogen-bond donors (Lipinski definition) is 0. The van der Waals surface area contributed by atoms with E-state index >= 15 is 0 Å². The standard InChI is InChI=1S/C19H25ClN4OS/c1-4-14-9-7-8-12-24(14)18(25)13(2)26-19-22-21-17(23(19)3)15-10-5-6-11-16(15)20/h5-6,10-11,13-14H,4,7-9,12H2,1-3H3. The molecule has 0 spiro atoms. The number of carbonyl (C=O) groups is 1. The molecule has 2 atom stereocenters. The van der Waals surface area contributed by atoms with Gasteiger partial charge in [-0.05, 0) is 44.7 Å². The predicted molar refractivity (Wildman–Crippen MR) is 106 cm³/mol. The lowest BCUT2D eigenvalue weighted by Gasteiger charge is -2.36. The third kappa shape index (κ3) is 3.91. The van der Waals surface area contributed by atoms with Gasteiger partial charge in [-0.15, -0.1) is 10.2 Å². The van der Waals surface area contributed by atoms with Gasteiger partial charge in [0.05, 0.1) is 10.3 Å². The summed E-state index contributed by atoms with van der Waals surface area (Å²) in [4.78, 5) is 15.0. The van der Waals surface area contributed by atoms with E-state index in [9.17, 15) is 4.79 Å². The molecule has 3 rings (SSSR count). The van der Waals surface area contributed by atoms with Crippen molar-refractivity contribution in [2.75, 3.05) is 6.54 Å². The lowest BCUT2D eigenvalue weighted by molar-refractivity contribution is -0.134. The fourth-order valence-corrected chi connectivity index (χ4v) is 4.56. The third-order valence-corrected chi connectivity index (χ3v) is 6.41. The molecule has 2 unspecified atom stereocenters. The van der Waals surface area contributed by atoms with Crippen LogP contribution in [0.25, 0.3) is 11.4 Å². The van der Waals surface area contributed by atoms with Gasteiger partial charge >= 0.3 is 0 Å². The van der Waals surface area contributed by atoms with Gasteiger partial charge in [-0.1, -0.05) is 42.4 Å². The summed E-state index contributed by atoms with van der Waals surface area (Å²) >= 11 is 7.74. The summed E-state index contributed by atoms with van der Waals surface area (Å²) in [5, 5.41) is 9.75. The normalized spacial score (nSPS) is 18.8. The Hall–Kier alpha value is -1.53. The summed E-state index contributed by atoms with van der Waals surface area (Å²) in [5.41, 5.74) is 0.845. The largest absolute Gasteiger partial charge is 0.339 e. The minimum atomic E-state index is -0.191. The van der Waals surface area contributed by atoms with Crippen LogP contribution in [0.5, 0.6) is 0 Å². The van der Waals surface area contributed by atoms with E-state index in [0.717, 1.165) is 36.5 Å². The second-order valence-electron chi connectivity index (χ2n) is 6.69. The van der Waals surface area contributed by atoms with Crippen molar-refractivity contribution in [1.29, 1.82) is 0 Å². The van der Waals surface area contributed by atoms with E-state index in [4.69, 9.17) is 11.6 Å². The molecule has 5 nitrogen and oxygen atoms in total. The minimum Gasteiger partial charge on any atom is -0.339 e. The highest BCUT2D eigenvalue weighted by atomic mass is 35.5. The Bertz CT molecular complexity index is 779. The van der Waals surface area contributed by atoms with E-state index in [-0.39, 0.29) is 11.2 Å². The van der Waals surface area contributed by atoms with Crippen LogP contribution in [-0.4, -0.2) is 43.4 Å². The molecule has 2 heterocycles. The Morgan fingerprint density at radius 3 is 2.85 bits per heavy atom. The van der Waals surface area contributed by atoms with Gasteiger partial charge in [0.2, 0.25) is 5.91 Å². The SMILES string of the molecule is CCC1CCCCN1C(=O)C(C)Sc1nnc(-c2ccccc2Cl)n1C. The van der Waals surface area contributed by atoms with Gasteiger partial charge in [0.25, 0.3) is 0 Å². The van der Waals surface area contributed by atoms with Crippen LogP contribution in [0, 0.1) is 0 Å². The zero-order chi connectivity index (χ0) is 18.7. The second kappa shape index (κ2) is 8.44. The summed E-state index contributed by atoms with van der Waals surface area (Å²) < 4.78 is 1.91. The number of likely N-dealkylation sites (tertiary alicyclic amines) is 1. The highest BCUT2D eigenvalue weighted by Crippen LogP contribution is 2.31. The molecule has 1 aromatic heterocycles. The summed E-state index contributed by atoms with van der Waals surface area (Å²) in [6.07, 6.45) is 4.44. The van der Waals surface area contributed by atoms with Gasteiger partial charge in [-0.25, -0.2) is 0 Å². The maximum absolute atomic E-state index is 12.9. The first-order valence-electron chi connectivity index (χ1n) is 9.14. The molecule has 0 bridgehead atoms. The van der Waals surface area contributed by atoms with Gasteiger partial charge < -0.3 is 9.47 Å². The van der Waals surface area contributed by atoms with E-state index in [1.807, 2.05) is 42.8 Å². The van der Waals surface area contributed by atoms with E-state index in [0.29, 0.717) is 16.9 Å². The van der Waals surface area contributed by atoms with Crippen LogP contribution in [0.2, 0.25) is 5.02 Å². The molecule has 1 fully saturated rings. The number of carbonyl (C=O) groups excluding carboxylic acids is 1. The number of benzene rings is 1. The van der Waals surface area contributed by atoms with Crippen molar-refractivity contribution >= 4 is 29.3 Å². The molecule has 7 heteroatoms. The molecule has 0 N–H and O–H groups in total. The highest BCUT2D eigenvalue weighted by molar-refractivity contribution is 8.00. The molecule has 0 radical (unpaired) electrons. The molecular formula is C19H25ClN4OS. The predicted octanol–water partition coefficient (Wildman–Crippen LogP) is 4.41. The van der Waals surface area contributed by atoms with Crippen LogP contribution >= 0.6 is 23.4 Å². The number of thioether (sulfide) groups is 1. The number of hydrogen-bond acceptors (Lipinski definition) is 4. The minimum absolute atomic E-state index is 0.191. The number of rotatable bonds is 5. The first-order valence-corrected chi connectivity index (χ1v) is 10.4. The molecule has 1 aromatic carbocycles. The van der Waals surface area contributed by atoms with Gasteiger partial charge in [-0.3, -0.25) is 4.79 Å². The first kappa shape index (κ1) is 19.2. The summed E-state index contributed by atoms with van der Waals surface area (Å²) in [6.45, 7) is 4.98. The number of halogens is 1. The topological polar surface area (TPSA) is 51.0 Å². The van der Waals surface area contributed by atoms with Gasteiger partial charge in [-0.2, -0.15) is 0 Å². The average molecular weight is 393 g/mol. The Kier molecular flexibility index (Phi) is 6.24. The molecule has 1 aliphatic heterocycles. The van der Waals surface area contributed by atoms with Crippen molar-refractivity contribution in [3.05, 3.63) is 29.3 Å². The lowest BCUT2D eigenvalue weighted by Crippen LogP contribution is -2.46. The third-order valence-electron chi connectivity index (χ3n) is 4.96. The molecule has 0 aliphatic carbocycles. The molecule has 1 amide bonds. The first-order chi connectivity index (χ1) is 12.5. The number of piperidine rings is 1. The van der Waals surface area contributed by atoms with Crippen LogP contribution in [0.1, 0.15) is 39.5 Å². The maximum atomic E-state index is 12.9. The molecule has 1 saturated heterocycles. The van der Waals surface area contributed by atoms with Crippen molar-refractivity contribution in [2.45, 2.75) is 56.0 Å². The van der Waals surface area contributed by atoms with Crippen LogP contribution in [0.15, 0.2) is 29.4 Å². The van der Waals surface area contributed by atoms with Gasteiger partial charge in [0.1, 0.15) is 0 Å². The molecule has 0 saturated carbocycles. The van der Waals surface area contributed by atoms with E-state index in [1.54, 1.807) is 0 Å². The van der Waals surface area contributed by atoms with E-state index in [2.05, 4.69) is 22.0 Å². The summed E-state index contributed by atoms with van der Waals surface area (Å²) in [6, 6.07) is 7.95. The fraction of sp³-hybridized carbons (Fsp3) is 0.526. The summed E-state index contributed by atoms with van der Waals surface area (Å²) in [7, 11) is 1.91. The smallest absolute Gasteiger partial charge is 0.236 e. The number of aromatic nitrogens is 3. The van der Waals surface area contributed by atoms with Gasteiger partial charge in [0, 0.05) is 25.2 Å². The molecule has 1 aliphatic rings. The Labute approximate surface area is 164 Å². The quantitative estimate of drug-likeness (QED) is 0.707. The number of amides is 1. The van der Waals surface area contributed by atoms with Crippen LogP contribution < -0.4 is 0 Å². The second-order valence-corrected chi connectivity index (χ2v) is 8.41. The molecule has 2 aromatic rings. The fourth-order valence-electron chi connectivity index (χ4n) is 3.45. The number of nitrogens with zero attached hydrogens (tertiary/aromatic N) is 4. The van der Waals surface area contributed by atoms with Crippen LogP contribution in [0.3, 0.4) is 0 Å².